The molecule has 2 aliphatic heterocycles. The number of imide groups is 1. The fourth-order valence-corrected chi connectivity index (χ4v) is 5.67. The SMILES string of the molecule is C[C@@]1(C2CC2)NC(=O)N(C[NH+]2CCN(S(=O)(=O)Cc3ccccc3)CC2)C1=O. The van der Waals surface area contributed by atoms with Crippen molar-refractivity contribution in [3.63, 3.8) is 0 Å². The lowest BCUT2D eigenvalue weighted by atomic mass is 9.96. The van der Waals surface area contributed by atoms with Crippen molar-refractivity contribution in [2.75, 3.05) is 32.8 Å². The quantitative estimate of drug-likeness (QED) is 0.616. The molecule has 0 spiro atoms. The Hall–Kier alpha value is -1.97. The lowest BCUT2D eigenvalue weighted by Crippen LogP contribution is -3.16. The molecule has 0 aromatic heterocycles. The maximum absolute atomic E-state index is 12.7. The number of carbonyl (C=O) groups excluding carboxylic acids is 2. The first kappa shape index (κ1) is 19.4. The lowest BCUT2D eigenvalue weighted by Gasteiger charge is -2.33. The van der Waals surface area contributed by atoms with Gasteiger partial charge < -0.3 is 10.2 Å². The molecule has 0 radical (unpaired) electrons. The van der Waals surface area contributed by atoms with E-state index in [4.69, 9.17) is 0 Å². The zero-order valence-corrected chi connectivity index (χ0v) is 16.9. The average Bonchev–Trinajstić information content (AvgIpc) is 3.49. The van der Waals surface area contributed by atoms with Crippen molar-refractivity contribution in [2.45, 2.75) is 31.1 Å². The van der Waals surface area contributed by atoms with Gasteiger partial charge in [0, 0.05) is 0 Å². The van der Waals surface area contributed by atoms with Gasteiger partial charge in [-0.2, -0.15) is 4.31 Å². The minimum atomic E-state index is -3.37. The Morgan fingerprint density at radius 2 is 1.79 bits per heavy atom. The number of urea groups is 1. The Morgan fingerprint density at radius 1 is 1.14 bits per heavy atom. The van der Waals surface area contributed by atoms with E-state index in [1.54, 1.807) is 0 Å². The molecule has 2 N–H and O–H groups in total. The second-order valence-electron chi connectivity index (χ2n) is 8.19. The van der Waals surface area contributed by atoms with Gasteiger partial charge in [0.2, 0.25) is 10.0 Å². The van der Waals surface area contributed by atoms with Gasteiger partial charge in [-0.1, -0.05) is 30.3 Å². The van der Waals surface area contributed by atoms with Crippen molar-refractivity contribution in [2.24, 2.45) is 5.92 Å². The molecule has 1 aromatic rings. The molecule has 1 aliphatic carbocycles. The van der Waals surface area contributed by atoms with E-state index in [1.807, 2.05) is 37.3 Å². The molecule has 3 fully saturated rings. The fraction of sp³-hybridized carbons (Fsp3) is 0.579. The molecule has 1 atom stereocenters. The van der Waals surface area contributed by atoms with Crippen LogP contribution in [0, 0.1) is 5.92 Å². The summed E-state index contributed by atoms with van der Waals surface area (Å²) in [5.41, 5.74) is 0.00755. The molecule has 2 saturated heterocycles. The molecule has 0 unspecified atom stereocenters. The van der Waals surface area contributed by atoms with Crippen molar-refractivity contribution in [3.05, 3.63) is 35.9 Å². The van der Waals surface area contributed by atoms with Crippen LogP contribution in [-0.4, -0.2) is 67.9 Å². The number of carbonyl (C=O) groups is 2. The highest BCUT2D eigenvalue weighted by molar-refractivity contribution is 7.88. The summed E-state index contributed by atoms with van der Waals surface area (Å²) in [6, 6.07) is 8.83. The van der Waals surface area contributed by atoms with Crippen LogP contribution in [0.1, 0.15) is 25.3 Å². The van der Waals surface area contributed by atoms with Crippen molar-refractivity contribution < 1.29 is 22.9 Å². The third-order valence-corrected chi connectivity index (χ3v) is 7.94. The Kier molecular flexibility index (Phi) is 4.93. The van der Waals surface area contributed by atoms with E-state index in [-0.39, 0.29) is 23.6 Å². The summed E-state index contributed by atoms with van der Waals surface area (Å²) in [6.45, 7) is 4.05. The highest BCUT2D eigenvalue weighted by Gasteiger charge is 2.56. The van der Waals surface area contributed by atoms with Gasteiger partial charge in [0.1, 0.15) is 5.54 Å². The van der Waals surface area contributed by atoms with Gasteiger partial charge in [0.15, 0.2) is 6.67 Å². The summed E-state index contributed by atoms with van der Waals surface area (Å²) in [6.07, 6.45) is 1.95. The molecule has 3 amide bonds. The normalized spacial score (nSPS) is 27.2. The number of benzene rings is 1. The Balaban J connectivity index is 1.33. The summed E-state index contributed by atoms with van der Waals surface area (Å²) in [7, 11) is -3.37. The van der Waals surface area contributed by atoms with Gasteiger partial charge in [0.25, 0.3) is 5.91 Å². The van der Waals surface area contributed by atoms with Crippen molar-refractivity contribution >= 4 is 22.0 Å². The standard InChI is InChI=1S/C19H26N4O4S/c1-19(16-7-8-16)17(24)23(18(25)20-19)14-21-9-11-22(12-10-21)28(26,27)13-15-5-3-2-4-6-15/h2-6,16H,7-14H2,1H3,(H,20,25)/p+1/t19-/m0/s1. The highest BCUT2D eigenvalue weighted by atomic mass is 32.2. The molecular formula is C19H27N4O4S+. The number of quaternary nitrogens is 1. The van der Waals surface area contributed by atoms with Crippen molar-refractivity contribution in [1.29, 1.82) is 0 Å². The third kappa shape index (κ3) is 3.66. The Bertz CT molecular complexity index is 863. The van der Waals surface area contributed by atoms with Crippen molar-refractivity contribution in [3.8, 4) is 0 Å². The zero-order chi connectivity index (χ0) is 19.9. The van der Waals surface area contributed by atoms with Gasteiger partial charge in [-0.15, -0.1) is 0 Å². The summed E-state index contributed by atoms with van der Waals surface area (Å²) in [4.78, 5) is 27.4. The number of nitrogens with one attached hydrogen (secondary N) is 2. The number of piperazine rings is 1. The highest BCUT2D eigenvalue weighted by Crippen LogP contribution is 2.42. The van der Waals surface area contributed by atoms with Gasteiger partial charge in [-0.05, 0) is 31.2 Å². The molecule has 8 nitrogen and oxygen atoms in total. The lowest BCUT2D eigenvalue weighted by molar-refractivity contribution is -0.910. The maximum atomic E-state index is 12.7. The molecule has 0 bridgehead atoms. The van der Waals surface area contributed by atoms with E-state index in [2.05, 4.69) is 5.32 Å². The Morgan fingerprint density at radius 3 is 2.39 bits per heavy atom. The monoisotopic (exact) mass is 407 g/mol. The minimum absolute atomic E-state index is 0.00403. The second-order valence-corrected chi connectivity index (χ2v) is 10.2. The molecule has 2 heterocycles. The second kappa shape index (κ2) is 7.13. The predicted molar refractivity (Wildman–Crippen MR) is 103 cm³/mol. The number of sulfonamides is 1. The molecule has 9 heteroatoms. The Labute approximate surface area is 165 Å². The first-order chi connectivity index (χ1) is 13.3. The molecule has 152 valence electrons. The number of nitrogens with zero attached hydrogens (tertiary/aromatic N) is 2. The summed E-state index contributed by atoms with van der Waals surface area (Å²) in [5, 5.41) is 2.86. The predicted octanol–water partition coefficient (Wildman–Crippen LogP) is -0.605. The molecular weight excluding hydrogens is 380 g/mol. The van der Waals surface area contributed by atoms with Gasteiger partial charge in [-0.25, -0.2) is 18.1 Å². The van der Waals surface area contributed by atoms with Crippen LogP contribution in [0.15, 0.2) is 30.3 Å². The van der Waals surface area contributed by atoms with Crippen LogP contribution in [-0.2, 0) is 20.6 Å². The summed E-state index contributed by atoms with van der Waals surface area (Å²) < 4.78 is 26.8. The van der Waals surface area contributed by atoms with Gasteiger partial charge >= 0.3 is 6.03 Å². The van der Waals surface area contributed by atoms with E-state index >= 15 is 0 Å². The van der Waals surface area contributed by atoms with E-state index in [1.165, 1.54) is 9.21 Å². The molecule has 3 aliphatic rings. The maximum Gasteiger partial charge on any atom is 0.329 e. The number of amides is 3. The van der Waals surface area contributed by atoms with Crippen LogP contribution in [0.4, 0.5) is 4.79 Å². The molecule has 1 aromatic carbocycles. The smallest absolute Gasteiger partial charge is 0.323 e. The molecule has 28 heavy (non-hydrogen) atoms. The van der Waals surface area contributed by atoms with Crippen LogP contribution < -0.4 is 10.2 Å². The summed E-state index contributed by atoms with van der Waals surface area (Å²) in [5.74, 6) is 0.0891. The van der Waals surface area contributed by atoms with Gasteiger partial charge in [-0.3, -0.25) is 4.79 Å². The average molecular weight is 408 g/mol. The molecule has 1 saturated carbocycles. The van der Waals surface area contributed by atoms with Crippen LogP contribution in [0.2, 0.25) is 0 Å². The van der Waals surface area contributed by atoms with E-state index in [0.717, 1.165) is 23.3 Å². The largest absolute Gasteiger partial charge is 0.329 e. The fourth-order valence-electron chi connectivity index (χ4n) is 4.14. The van der Waals surface area contributed by atoms with E-state index in [0.29, 0.717) is 32.8 Å². The first-order valence-electron chi connectivity index (χ1n) is 9.79. The minimum Gasteiger partial charge on any atom is -0.323 e. The first-order valence-corrected chi connectivity index (χ1v) is 11.4. The van der Waals surface area contributed by atoms with Crippen LogP contribution >= 0.6 is 0 Å². The third-order valence-electron chi connectivity index (χ3n) is 6.09. The van der Waals surface area contributed by atoms with Crippen LogP contribution in [0.5, 0.6) is 0 Å². The number of hydrogen-bond acceptors (Lipinski definition) is 4. The zero-order valence-electron chi connectivity index (χ0n) is 16.1. The van der Waals surface area contributed by atoms with Crippen molar-refractivity contribution in [1.82, 2.24) is 14.5 Å². The topological polar surface area (TPSA) is 91.2 Å². The van der Waals surface area contributed by atoms with Gasteiger partial charge in [0.05, 0.1) is 31.9 Å². The summed E-state index contributed by atoms with van der Waals surface area (Å²) >= 11 is 0. The molecule has 4 rings (SSSR count). The van der Waals surface area contributed by atoms with Crippen LogP contribution in [0.3, 0.4) is 0 Å². The van der Waals surface area contributed by atoms with E-state index in [9.17, 15) is 18.0 Å². The van der Waals surface area contributed by atoms with Crippen LogP contribution in [0.25, 0.3) is 0 Å². The number of rotatable bonds is 6. The van der Waals surface area contributed by atoms with E-state index < -0.39 is 15.6 Å². The number of hydrogen-bond donors (Lipinski definition) is 2.